The number of benzene rings is 2. The lowest BCUT2D eigenvalue weighted by molar-refractivity contribution is -0.116. The summed E-state index contributed by atoms with van der Waals surface area (Å²) in [6, 6.07) is 14.5. The largest absolute Gasteiger partial charge is 0.508 e. The topological polar surface area (TPSA) is 84.3 Å². The normalized spacial score (nSPS) is 10.4. The van der Waals surface area contributed by atoms with Gasteiger partial charge in [-0.15, -0.1) is 0 Å². The molecule has 0 unspecified atom stereocenters. The van der Waals surface area contributed by atoms with Crippen LogP contribution < -0.4 is 10.1 Å². The molecular weight excluding hydrogens is 342 g/mol. The molecular formula is C21H21N3O3. The molecule has 0 saturated carbocycles. The maximum atomic E-state index is 12.1. The van der Waals surface area contributed by atoms with E-state index < -0.39 is 0 Å². The fourth-order valence-corrected chi connectivity index (χ4v) is 2.59. The summed E-state index contributed by atoms with van der Waals surface area (Å²) in [4.78, 5) is 20.6. The Morgan fingerprint density at radius 3 is 2.52 bits per heavy atom. The third kappa shape index (κ3) is 5.28. The first kappa shape index (κ1) is 18.4. The molecule has 0 bridgehead atoms. The number of rotatable bonds is 7. The summed E-state index contributed by atoms with van der Waals surface area (Å²) < 4.78 is 5.41. The summed E-state index contributed by atoms with van der Waals surface area (Å²) in [5, 5.41) is 12.3. The van der Waals surface area contributed by atoms with E-state index in [1.807, 2.05) is 37.3 Å². The molecule has 0 radical (unpaired) electrons. The lowest BCUT2D eigenvalue weighted by Crippen LogP contribution is -2.12. The van der Waals surface area contributed by atoms with Crippen LogP contribution in [-0.2, 0) is 11.2 Å². The average molecular weight is 363 g/mol. The average Bonchev–Trinajstić information content (AvgIpc) is 2.68. The van der Waals surface area contributed by atoms with E-state index in [4.69, 9.17) is 4.74 Å². The molecule has 0 fully saturated rings. The molecule has 3 rings (SSSR count). The van der Waals surface area contributed by atoms with Crippen LogP contribution in [0.4, 0.5) is 5.69 Å². The van der Waals surface area contributed by atoms with Crippen molar-refractivity contribution < 1.29 is 14.6 Å². The Morgan fingerprint density at radius 2 is 1.85 bits per heavy atom. The minimum absolute atomic E-state index is 0.0995. The molecule has 2 aromatic carbocycles. The van der Waals surface area contributed by atoms with E-state index in [2.05, 4.69) is 15.3 Å². The number of nitrogens with one attached hydrogen (secondary N) is 1. The molecule has 0 aliphatic carbocycles. The second-order valence-electron chi connectivity index (χ2n) is 5.97. The van der Waals surface area contributed by atoms with E-state index in [1.165, 1.54) is 0 Å². The highest BCUT2D eigenvalue weighted by Crippen LogP contribution is 2.20. The number of nitrogens with zero attached hydrogens (tertiary/aromatic N) is 2. The zero-order valence-electron chi connectivity index (χ0n) is 15.1. The Hall–Kier alpha value is -3.41. The highest BCUT2D eigenvalue weighted by Gasteiger charge is 2.06. The molecule has 0 saturated heterocycles. The standard InChI is InChI=1S/C21H21N3O3/c1-2-27-19-9-6-15(7-10-19)8-11-20(26)24-17-13-22-21(23-14-17)16-4-3-5-18(25)12-16/h3-7,9-10,12-14,25H,2,8,11H2,1H3,(H,24,26). The van der Waals surface area contributed by atoms with Crippen molar-refractivity contribution in [1.82, 2.24) is 9.97 Å². The van der Waals surface area contributed by atoms with Crippen LogP contribution in [0.5, 0.6) is 11.5 Å². The first-order valence-electron chi connectivity index (χ1n) is 8.77. The van der Waals surface area contributed by atoms with E-state index in [1.54, 1.807) is 30.6 Å². The molecule has 2 N–H and O–H groups in total. The van der Waals surface area contributed by atoms with Gasteiger partial charge in [-0.1, -0.05) is 24.3 Å². The zero-order valence-corrected chi connectivity index (χ0v) is 15.1. The molecule has 6 heteroatoms. The van der Waals surface area contributed by atoms with E-state index in [9.17, 15) is 9.90 Å². The van der Waals surface area contributed by atoms with Crippen molar-refractivity contribution in [3.8, 4) is 22.9 Å². The summed E-state index contributed by atoms with van der Waals surface area (Å²) in [6.45, 7) is 2.58. The quantitative estimate of drug-likeness (QED) is 0.667. The van der Waals surface area contributed by atoms with Crippen molar-refractivity contribution >= 4 is 11.6 Å². The van der Waals surface area contributed by atoms with Crippen LogP contribution in [0.3, 0.4) is 0 Å². The Balaban J connectivity index is 1.53. The molecule has 0 spiro atoms. The summed E-state index contributed by atoms with van der Waals surface area (Å²) >= 11 is 0. The van der Waals surface area contributed by atoms with Gasteiger partial charge < -0.3 is 15.2 Å². The van der Waals surface area contributed by atoms with Gasteiger partial charge in [-0.3, -0.25) is 4.79 Å². The molecule has 27 heavy (non-hydrogen) atoms. The number of anilines is 1. The van der Waals surface area contributed by atoms with E-state index in [-0.39, 0.29) is 11.7 Å². The van der Waals surface area contributed by atoms with Gasteiger partial charge in [0, 0.05) is 12.0 Å². The summed E-state index contributed by atoms with van der Waals surface area (Å²) in [7, 11) is 0. The van der Waals surface area contributed by atoms with Gasteiger partial charge in [-0.05, 0) is 43.2 Å². The summed E-state index contributed by atoms with van der Waals surface area (Å²) in [5.41, 5.74) is 2.32. The molecule has 0 atom stereocenters. The molecule has 1 heterocycles. The smallest absolute Gasteiger partial charge is 0.224 e. The number of aromatic hydroxyl groups is 1. The number of phenols is 1. The predicted octanol–water partition coefficient (Wildman–Crippen LogP) is 3.82. The number of ether oxygens (including phenoxy) is 1. The molecule has 1 aromatic heterocycles. The molecule has 6 nitrogen and oxygen atoms in total. The third-order valence-corrected chi connectivity index (χ3v) is 3.92. The van der Waals surface area contributed by atoms with E-state index in [0.717, 1.165) is 11.3 Å². The van der Waals surface area contributed by atoms with Gasteiger partial charge >= 0.3 is 0 Å². The predicted molar refractivity (Wildman–Crippen MR) is 104 cm³/mol. The Morgan fingerprint density at radius 1 is 1.11 bits per heavy atom. The minimum atomic E-state index is -0.0995. The number of aryl methyl sites for hydroxylation is 1. The van der Waals surface area contributed by atoms with Crippen molar-refractivity contribution in [1.29, 1.82) is 0 Å². The van der Waals surface area contributed by atoms with Crippen molar-refractivity contribution in [2.75, 3.05) is 11.9 Å². The Labute approximate surface area is 157 Å². The van der Waals surface area contributed by atoms with Crippen LogP contribution >= 0.6 is 0 Å². The van der Waals surface area contributed by atoms with Gasteiger partial charge in [-0.25, -0.2) is 9.97 Å². The summed E-state index contributed by atoms with van der Waals surface area (Å²) in [5.74, 6) is 1.37. The van der Waals surface area contributed by atoms with Gasteiger partial charge in [0.1, 0.15) is 11.5 Å². The van der Waals surface area contributed by atoms with Crippen LogP contribution in [0.25, 0.3) is 11.4 Å². The van der Waals surface area contributed by atoms with Crippen LogP contribution in [0.2, 0.25) is 0 Å². The van der Waals surface area contributed by atoms with Gasteiger partial charge in [0.05, 0.1) is 24.7 Å². The fraction of sp³-hybridized carbons (Fsp3) is 0.190. The van der Waals surface area contributed by atoms with Gasteiger partial charge in [0.25, 0.3) is 0 Å². The lowest BCUT2D eigenvalue weighted by Gasteiger charge is -2.07. The number of hydrogen-bond donors (Lipinski definition) is 2. The van der Waals surface area contributed by atoms with Gasteiger partial charge in [0.2, 0.25) is 5.91 Å². The second kappa shape index (κ2) is 8.80. The maximum absolute atomic E-state index is 12.1. The first-order chi connectivity index (χ1) is 13.1. The second-order valence-corrected chi connectivity index (χ2v) is 5.97. The lowest BCUT2D eigenvalue weighted by atomic mass is 10.1. The number of aromatic nitrogens is 2. The van der Waals surface area contributed by atoms with Crippen molar-refractivity contribution in [2.24, 2.45) is 0 Å². The number of phenolic OH excluding ortho intramolecular Hbond substituents is 1. The van der Waals surface area contributed by atoms with Crippen LogP contribution in [0.15, 0.2) is 60.9 Å². The van der Waals surface area contributed by atoms with Crippen molar-refractivity contribution in [3.63, 3.8) is 0 Å². The van der Waals surface area contributed by atoms with E-state index in [0.29, 0.717) is 36.5 Å². The summed E-state index contributed by atoms with van der Waals surface area (Å²) in [6.07, 6.45) is 4.12. The fourth-order valence-electron chi connectivity index (χ4n) is 2.59. The monoisotopic (exact) mass is 363 g/mol. The SMILES string of the molecule is CCOc1ccc(CCC(=O)Nc2cnc(-c3cccc(O)c3)nc2)cc1. The molecule has 1 amide bonds. The number of hydrogen-bond acceptors (Lipinski definition) is 5. The van der Waals surface area contributed by atoms with Gasteiger partial charge in [-0.2, -0.15) is 0 Å². The molecule has 3 aromatic rings. The Bertz CT molecular complexity index is 893. The number of carbonyl (C=O) groups excluding carboxylic acids is 1. The molecule has 0 aliphatic heterocycles. The van der Waals surface area contributed by atoms with Gasteiger partial charge in [0.15, 0.2) is 5.82 Å². The van der Waals surface area contributed by atoms with Crippen LogP contribution in [0.1, 0.15) is 18.9 Å². The number of carbonyl (C=O) groups is 1. The van der Waals surface area contributed by atoms with Crippen molar-refractivity contribution in [2.45, 2.75) is 19.8 Å². The molecule has 138 valence electrons. The first-order valence-corrected chi connectivity index (χ1v) is 8.77. The van der Waals surface area contributed by atoms with E-state index >= 15 is 0 Å². The third-order valence-electron chi connectivity index (χ3n) is 3.92. The Kier molecular flexibility index (Phi) is 5.99. The minimum Gasteiger partial charge on any atom is -0.508 e. The zero-order chi connectivity index (χ0) is 19.1. The van der Waals surface area contributed by atoms with Crippen LogP contribution in [0, 0.1) is 0 Å². The highest BCUT2D eigenvalue weighted by molar-refractivity contribution is 5.90. The molecule has 0 aliphatic rings. The maximum Gasteiger partial charge on any atom is 0.224 e. The van der Waals surface area contributed by atoms with Crippen molar-refractivity contribution in [3.05, 3.63) is 66.5 Å². The van der Waals surface area contributed by atoms with Crippen LogP contribution in [-0.4, -0.2) is 27.6 Å². The highest BCUT2D eigenvalue weighted by atomic mass is 16.5. The number of amides is 1.